The predicted octanol–water partition coefficient (Wildman–Crippen LogP) is -0.320. The molecule has 0 bridgehead atoms. The summed E-state index contributed by atoms with van der Waals surface area (Å²) in [7, 11) is 0. The number of nitrogens with two attached hydrogens (primary N) is 2. The van der Waals surface area contributed by atoms with Crippen LogP contribution >= 0.6 is 0 Å². The highest BCUT2D eigenvalue weighted by atomic mass is 19.1. The number of aromatic amines is 1. The van der Waals surface area contributed by atoms with Gasteiger partial charge in [-0.25, -0.2) is 9.37 Å². The van der Waals surface area contributed by atoms with E-state index in [1.54, 1.807) is 0 Å². The van der Waals surface area contributed by atoms with Crippen molar-refractivity contribution < 1.29 is 18.8 Å². The molecule has 246 valence electrons. The number of amides is 3. The highest BCUT2D eigenvalue weighted by Crippen LogP contribution is 2.33. The van der Waals surface area contributed by atoms with Crippen LogP contribution in [0.15, 0.2) is 52.1 Å². The molecule has 1 atom stereocenters. The number of fused-ring (bicyclic) bond motifs is 2. The lowest BCUT2D eigenvalue weighted by Crippen LogP contribution is -2.37. The SMILES string of the molecule is NC(=O)c1nnn2c(C(=O)N[C@H]3CCc4cc(-c5nn[nH]n5)ccc43)cc(C(=O)NCc3ccc(F)c(CNc4c(N)c(=O)c4=O)c3)nc12. The van der Waals surface area contributed by atoms with E-state index in [9.17, 15) is 28.4 Å². The summed E-state index contributed by atoms with van der Waals surface area (Å²) in [6.07, 6.45) is 1.27. The molecule has 0 saturated carbocycles. The number of carbonyl (C=O) groups excluding carboxylic acids is 3. The van der Waals surface area contributed by atoms with E-state index in [0.717, 1.165) is 21.2 Å². The molecule has 0 aliphatic heterocycles. The van der Waals surface area contributed by atoms with Crippen LogP contribution in [0.5, 0.6) is 0 Å². The van der Waals surface area contributed by atoms with Gasteiger partial charge in [-0.1, -0.05) is 23.4 Å². The van der Waals surface area contributed by atoms with Gasteiger partial charge in [0.1, 0.15) is 28.6 Å². The minimum absolute atomic E-state index is 0.0825. The van der Waals surface area contributed by atoms with E-state index in [1.807, 2.05) is 18.2 Å². The molecule has 1 aliphatic rings. The average molecular weight is 666 g/mol. The van der Waals surface area contributed by atoms with E-state index in [1.165, 1.54) is 24.3 Å². The normalized spacial score (nSPS) is 13.8. The van der Waals surface area contributed by atoms with Crippen molar-refractivity contribution in [3.63, 3.8) is 0 Å². The molecule has 3 heterocycles. The van der Waals surface area contributed by atoms with Crippen LogP contribution in [0.3, 0.4) is 0 Å². The quantitative estimate of drug-likeness (QED) is 0.103. The van der Waals surface area contributed by atoms with Gasteiger partial charge in [-0.2, -0.15) is 9.73 Å². The number of tetrazole rings is 1. The van der Waals surface area contributed by atoms with Crippen molar-refractivity contribution in [1.82, 2.24) is 51.1 Å². The number of nitrogen functional groups attached to an aromatic ring is 1. The number of benzene rings is 2. The fourth-order valence-electron chi connectivity index (χ4n) is 5.65. The van der Waals surface area contributed by atoms with E-state index in [2.05, 4.69) is 51.9 Å². The first-order valence-corrected chi connectivity index (χ1v) is 14.7. The van der Waals surface area contributed by atoms with Crippen molar-refractivity contribution in [2.24, 2.45) is 5.73 Å². The van der Waals surface area contributed by atoms with Crippen molar-refractivity contribution in [2.45, 2.75) is 32.0 Å². The zero-order chi connectivity index (χ0) is 34.4. The lowest BCUT2D eigenvalue weighted by atomic mass is 10.0. The van der Waals surface area contributed by atoms with Crippen LogP contribution in [0, 0.1) is 5.82 Å². The molecule has 8 N–H and O–H groups in total. The number of nitrogens with one attached hydrogen (secondary N) is 4. The summed E-state index contributed by atoms with van der Waals surface area (Å²) in [6.45, 7) is -0.234. The molecule has 1 aliphatic carbocycles. The molecule has 0 spiro atoms. The Hall–Kier alpha value is -6.92. The third kappa shape index (κ3) is 5.58. The molecule has 0 fully saturated rings. The molecule has 6 aromatic rings. The Labute approximate surface area is 272 Å². The van der Waals surface area contributed by atoms with Gasteiger partial charge < -0.3 is 27.4 Å². The number of primary amides is 1. The van der Waals surface area contributed by atoms with Gasteiger partial charge in [0.15, 0.2) is 11.3 Å². The number of halogens is 1. The smallest absolute Gasteiger partial charge is 0.273 e. The van der Waals surface area contributed by atoms with Gasteiger partial charge >= 0.3 is 0 Å². The van der Waals surface area contributed by atoms with Crippen molar-refractivity contribution in [1.29, 1.82) is 0 Å². The van der Waals surface area contributed by atoms with Crippen LogP contribution < -0.4 is 38.3 Å². The number of aryl methyl sites for hydroxylation is 1. The minimum atomic E-state index is -0.966. The minimum Gasteiger partial charge on any atom is -0.394 e. The van der Waals surface area contributed by atoms with Crippen LogP contribution in [-0.2, 0) is 19.5 Å². The third-order valence-electron chi connectivity index (χ3n) is 8.17. The van der Waals surface area contributed by atoms with Gasteiger partial charge in [0.05, 0.1) is 6.04 Å². The van der Waals surface area contributed by atoms with E-state index < -0.39 is 34.4 Å². The first kappa shape index (κ1) is 30.7. The van der Waals surface area contributed by atoms with Crippen LogP contribution in [0.4, 0.5) is 15.8 Å². The number of aromatic nitrogens is 8. The Bertz CT molecular complexity index is 2380. The molecular weight excluding hydrogens is 641 g/mol. The molecule has 3 aromatic carbocycles. The number of hydrogen-bond donors (Lipinski definition) is 6. The van der Waals surface area contributed by atoms with Gasteiger partial charge in [0, 0.05) is 30.3 Å². The van der Waals surface area contributed by atoms with Crippen molar-refractivity contribution in [2.75, 3.05) is 11.1 Å². The Morgan fingerprint density at radius 1 is 1.02 bits per heavy atom. The Morgan fingerprint density at radius 3 is 2.61 bits per heavy atom. The standard InChI is InChI=1S/C30H24FN13O5/c31-17-5-1-12(7-15(17)11-34-22-21(32)24(45)25(22)46)10-35-29(48)19-9-20(44-28(36-19)23(26(33)47)38-43-44)30(49)37-18-6-3-13-8-14(2-4-16(13)18)27-39-41-42-40-27/h1-2,4-5,7-9,18,34H,3,6,10-11,32H2,(H2,33,47)(H,35,48)(H,37,49)(H,39,40,41,42)/t18-/m0/s1. The summed E-state index contributed by atoms with van der Waals surface area (Å²) in [6, 6.07) is 10.5. The highest BCUT2D eigenvalue weighted by molar-refractivity contribution is 6.01. The lowest BCUT2D eigenvalue weighted by Gasteiger charge is -2.15. The van der Waals surface area contributed by atoms with Crippen LogP contribution in [0.25, 0.3) is 17.0 Å². The lowest BCUT2D eigenvalue weighted by molar-refractivity contribution is 0.0927. The van der Waals surface area contributed by atoms with Crippen LogP contribution in [0.1, 0.15) is 66.2 Å². The first-order valence-electron chi connectivity index (χ1n) is 14.7. The number of hydrogen-bond acceptors (Lipinski definition) is 13. The van der Waals surface area contributed by atoms with Gasteiger partial charge in [-0.3, -0.25) is 24.0 Å². The van der Waals surface area contributed by atoms with E-state index >= 15 is 0 Å². The van der Waals surface area contributed by atoms with Gasteiger partial charge in [0.2, 0.25) is 5.82 Å². The predicted molar refractivity (Wildman–Crippen MR) is 168 cm³/mol. The summed E-state index contributed by atoms with van der Waals surface area (Å²) in [5.41, 5.74) is 11.5. The number of rotatable bonds is 10. The number of nitrogens with zero attached hydrogens (tertiary/aromatic N) is 7. The summed E-state index contributed by atoms with van der Waals surface area (Å²) in [5.74, 6) is -2.45. The van der Waals surface area contributed by atoms with E-state index in [-0.39, 0.29) is 58.8 Å². The van der Waals surface area contributed by atoms with Gasteiger partial charge in [-0.05, 0) is 52.9 Å². The molecule has 49 heavy (non-hydrogen) atoms. The number of carbonyl (C=O) groups is 3. The molecule has 7 rings (SSSR count). The topological polar surface area (TPSA) is 271 Å². The zero-order valence-corrected chi connectivity index (χ0v) is 25.2. The zero-order valence-electron chi connectivity index (χ0n) is 25.2. The van der Waals surface area contributed by atoms with E-state index in [0.29, 0.717) is 24.2 Å². The maximum atomic E-state index is 14.5. The monoisotopic (exact) mass is 665 g/mol. The van der Waals surface area contributed by atoms with Gasteiger partial charge in [0.25, 0.3) is 28.6 Å². The Morgan fingerprint density at radius 2 is 1.86 bits per heavy atom. The van der Waals surface area contributed by atoms with Crippen LogP contribution in [-0.4, -0.2) is 58.2 Å². The average Bonchev–Trinajstić information content (AvgIpc) is 3.88. The summed E-state index contributed by atoms with van der Waals surface area (Å²) < 4.78 is 15.5. The largest absolute Gasteiger partial charge is 0.394 e. The Balaban J connectivity index is 1.10. The van der Waals surface area contributed by atoms with Crippen molar-refractivity contribution >= 4 is 34.7 Å². The molecule has 3 amide bonds. The second-order valence-electron chi connectivity index (χ2n) is 11.2. The summed E-state index contributed by atoms with van der Waals surface area (Å²) in [4.78, 5) is 66.3. The number of anilines is 2. The van der Waals surface area contributed by atoms with Crippen LogP contribution in [0.2, 0.25) is 0 Å². The molecule has 0 unspecified atom stereocenters. The molecule has 18 nitrogen and oxygen atoms in total. The second kappa shape index (κ2) is 12.0. The summed E-state index contributed by atoms with van der Waals surface area (Å²) in [5, 5.41) is 29.9. The fraction of sp³-hybridized carbons (Fsp3) is 0.167. The van der Waals surface area contributed by atoms with Crippen molar-refractivity contribution in [3.8, 4) is 11.4 Å². The first-order chi connectivity index (χ1) is 23.6. The molecule has 0 radical (unpaired) electrons. The maximum absolute atomic E-state index is 14.5. The maximum Gasteiger partial charge on any atom is 0.273 e. The molecule has 19 heteroatoms. The van der Waals surface area contributed by atoms with Crippen molar-refractivity contribution in [3.05, 3.63) is 108 Å². The molecule has 0 saturated heterocycles. The molecular formula is C30H24FN13O5. The van der Waals surface area contributed by atoms with E-state index in [4.69, 9.17) is 11.5 Å². The Kier molecular flexibility index (Phi) is 7.54. The number of H-pyrrole nitrogens is 1. The third-order valence-corrected chi connectivity index (χ3v) is 8.17. The summed E-state index contributed by atoms with van der Waals surface area (Å²) >= 11 is 0. The van der Waals surface area contributed by atoms with Gasteiger partial charge in [-0.15, -0.1) is 15.3 Å². The second-order valence-corrected chi connectivity index (χ2v) is 11.2. The highest BCUT2D eigenvalue weighted by Gasteiger charge is 2.28. The fourth-order valence-corrected chi connectivity index (χ4v) is 5.65. The molecule has 3 aromatic heterocycles.